The van der Waals surface area contributed by atoms with Crippen LogP contribution in [0, 0.1) is 0 Å². The SMILES string of the molecule is CC(=O)Nc1nc2c(c(=O)[nH]1)NC(C(=O)C(C)O)CN2. The number of H-pyrrole nitrogens is 1. The summed E-state index contributed by atoms with van der Waals surface area (Å²) in [6, 6.07) is -0.711. The number of amides is 1. The molecule has 9 heteroatoms. The highest BCUT2D eigenvalue weighted by molar-refractivity contribution is 5.92. The molecule has 1 amide bonds. The van der Waals surface area contributed by atoms with E-state index in [1.807, 2.05) is 0 Å². The van der Waals surface area contributed by atoms with Crippen molar-refractivity contribution in [2.24, 2.45) is 0 Å². The van der Waals surface area contributed by atoms with Crippen LogP contribution in [0.5, 0.6) is 0 Å². The van der Waals surface area contributed by atoms with Gasteiger partial charge in [0.25, 0.3) is 5.56 Å². The molecule has 2 atom stereocenters. The van der Waals surface area contributed by atoms with Gasteiger partial charge in [-0.15, -0.1) is 0 Å². The summed E-state index contributed by atoms with van der Waals surface area (Å²) in [5, 5.41) is 17.2. The first kappa shape index (κ1) is 14.0. The zero-order chi connectivity index (χ0) is 14.9. The molecule has 0 aliphatic carbocycles. The fourth-order valence-corrected chi connectivity index (χ4v) is 1.85. The van der Waals surface area contributed by atoms with Gasteiger partial charge in [0.2, 0.25) is 11.9 Å². The lowest BCUT2D eigenvalue weighted by atomic mass is 10.1. The van der Waals surface area contributed by atoms with Crippen LogP contribution in [0.3, 0.4) is 0 Å². The summed E-state index contributed by atoms with van der Waals surface area (Å²) < 4.78 is 0. The first-order valence-corrected chi connectivity index (χ1v) is 6.02. The van der Waals surface area contributed by atoms with Crippen LogP contribution in [0.2, 0.25) is 0 Å². The van der Waals surface area contributed by atoms with Gasteiger partial charge in [-0.25, -0.2) is 0 Å². The van der Waals surface area contributed by atoms with E-state index in [0.717, 1.165) is 0 Å². The average molecular weight is 281 g/mol. The van der Waals surface area contributed by atoms with E-state index in [1.54, 1.807) is 0 Å². The molecule has 0 fully saturated rings. The monoisotopic (exact) mass is 281 g/mol. The highest BCUT2D eigenvalue weighted by Crippen LogP contribution is 2.21. The summed E-state index contributed by atoms with van der Waals surface area (Å²) in [6.45, 7) is 2.84. The highest BCUT2D eigenvalue weighted by atomic mass is 16.3. The van der Waals surface area contributed by atoms with Gasteiger partial charge in [0.1, 0.15) is 17.8 Å². The summed E-state index contributed by atoms with van der Waals surface area (Å²) in [4.78, 5) is 40.9. The number of carbonyl (C=O) groups excluding carboxylic acids is 2. The normalized spacial score (nSPS) is 18.2. The Kier molecular flexibility index (Phi) is 3.70. The molecule has 9 nitrogen and oxygen atoms in total. The van der Waals surface area contributed by atoms with Crippen molar-refractivity contribution in [3.8, 4) is 0 Å². The molecule has 1 aliphatic heterocycles. The van der Waals surface area contributed by atoms with Crippen molar-refractivity contribution in [2.75, 3.05) is 22.5 Å². The quantitative estimate of drug-likeness (QED) is 0.473. The van der Waals surface area contributed by atoms with Gasteiger partial charge in [-0.1, -0.05) is 0 Å². The minimum absolute atomic E-state index is 0.0239. The van der Waals surface area contributed by atoms with E-state index in [4.69, 9.17) is 0 Å². The van der Waals surface area contributed by atoms with E-state index >= 15 is 0 Å². The molecular formula is C11H15N5O4. The number of nitrogens with one attached hydrogen (secondary N) is 4. The third-order valence-corrected chi connectivity index (χ3v) is 2.76. The predicted octanol–water partition coefficient (Wildman–Crippen LogP) is -1.12. The zero-order valence-electron chi connectivity index (χ0n) is 11.0. The lowest BCUT2D eigenvalue weighted by molar-refractivity contribution is -0.126. The van der Waals surface area contributed by atoms with Crippen molar-refractivity contribution in [1.82, 2.24) is 9.97 Å². The van der Waals surface area contributed by atoms with Gasteiger partial charge in [0.15, 0.2) is 11.6 Å². The second-order valence-electron chi connectivity index (χ2n) is 4.48. The Hall–Kier alpha value is -2.42. The third-order valence-electron chi connectivity index (χ3n) is 2.76. The number of Topliss-reactive ketones (excluding diaryl/α,β-unsaturated/α-hetero) is 1. The standard InChI is InChI=1S/C11H15N5O4/c1-4(17)8(19)6-3-12-9-7(14-6)10(20)16-11(15-9)13-5(2)18/h4,6,14,17H,3H2,1-2H3,(H3,12,13,15,16,18,20). The molecule has 0 saturated heterocycles. The zero-order valence-corrected chi connectivity index (χ0v) is 11.0. The number of ketones is 1. The molecule has 1 aromatic rings. The molecule has 108 valence electrons. The molecule has 0 bridgehead atoms. The van der Waals surface area contributed by atoms with Crippen LogP contribution in [-0.4, -0.2) is 45.5 Å². The third kappa shape index (κ3) is 2.77. The lowest BCUT2D eigenvalue weighted by Crippen LogP contribution is -2.45. The Balaban J connectivity index is 2.28. The van der Waals surface area contributed by atoms with E-state index in [1.165, 1.54) is 13.8 Å². The van der Waals surface area contributed by atoms with E-state index in [-0.39, 0.29) is 29.9 Å². The molecule has 20 heavy (non-hydrogen) atoms. The van der Waals surface area contributed by atoms with Crippen LogP contribution in [0.25, 0.3) is 0 Å². The van der Waals surface area contributed by atoms with Gasteiger partial charge in [-0.05, 0) is 6.92 Å². The summed E-state index contributed by atoms with van der Waals surface area (Å²) in [5.74, 6) is -0.518. The van der Waals surface area contributed by atoms with Gasteiger partial charge in [0.05, 0.1) is 0 Å². The highest BCUT2D eigenvalue weighted by Gasteiger charge is 2.28. The molecule has 0 spiro atoms. The van der Waals surface area contributed by atoms with Gasteiger partial charge in [-0.2, -0.15) is 4.98 Å². The molecule has 5 N–H and O–H groups in total. The number of hydrogen-bond donors (Lipinski definition) is 5. The minimum Gasteiger partial charge on any atom is -0.386 e. The first-order chi connectivity index (χ1) is 9.38. The van der Waals surface area contributed by atoms with Crippen molar-refractivity contribution in [1.29, 1.82) is 0 Å². The molecule has 2 rings (SSSR count). The molecule has 0 aromatic carbocycles. The number of aliphatic hydroxyl groups excluding tert-OH is 1. The smallest absolute Gasteiger partial charge is 0.277 e. The maximum atomic E-state index is 11.9. The van der Waals surface area contributed by atoms with Crippen molar-refractivity contribution >= 4 is 29.1 Å². The van der Waals surface area contributed by atoms with Crippen molar-refractivity contribution in [2.45, 2.75) is 26.0 Å². The van der Waals surface area contributed by atoms with Crippen molar-refractivity contribution < 1.29 is 14.7 Å². The number of aromatic nitrogens is 2. The fourth-order valence-electron chi connectivity index (χ4n) is 1.85. The van der Waals surface area contributed by atoms with Gasteiger partial charge < -0.3 is 15.7 Å². The molecule has 0 saturated carbocycles. The average Bonchev–Trinajstić information content (AvgIpc) is 2.36. The summed E-state index contributed by atoms with van der Waals surface area (Å²) in [7, 11) is 0. The van der Waals surface area contributed by atoms with Crippen LogP contribution < -0.4 is 21.5 Å². The Morgan fingerprint density at radius 3 is 2.80 bits per heavy atom. The number of aromatic amines is 1. The molecule has 1 aromatic heterocycles. The van der Waals surface area contributed by atoms with Crippen molar-refractivity contribution in [3.05, 3.63) is 10.4 Å². The molecule has 2 unspecified atom stereocenters. The number of hydrogen-bond acceptors (Lipinski definition) is 7. The number of nitrogens with zero attached hydrogens (tertiary/aromatic N) is 1. The number of anilines is 3. The second kappa shape index (κ2) is 5.29. The van der Waals surface area contributed by atoms with Gasteiger partial charge >= 0.3 is 0 Å². The summed E-state index contributed by atoms with van der Waals surface area (Å²) in [6.07, 6.45) is -1.12. The topological polar surface area (TPSA) is 136 Å². The van der Waals surface area contributed by atoms with E-state index in [0.29, 0.717) is 0 Å². The Morgan fingerprint density at radius 1 is 1.50 bits per heavy atom. The van der Waals surface area contributed by atoms with Crippen LogP contribution in [-0.2, 0) is 9.59 Å². The van der Waals surface area contributed by atoms with Crippen LogP contribution in [0.15, 0.2) is 4.79 Å². The summed E-state index contributed by atoms with van der Waals surface area (Å²) >= 11 is 0. The number of fused-ring (bicyclic) bond motifs is 1. The predicted molar refractivity (Wildman–Crippen MR) is 71.7 cm³/mol. The molecule has 2 heterocycles. The number of carbonyl (C=O) groups is 2. The van der Waals surface area contributed by atoms with E-state index in [9.17, 15) is 19.5 Å². The van der Waals surface area contributed by atoms with Crippen LogP contribution >= 0.6 is 0 Å². The second-order valence-corrected chi connectivity index (χ2v) is 4.48. The van der Waals surface area contributed by atoms with Crippen LogP contribution in [0.4, 0.5) is 17.5 Å². The van der Waals surface area contributed by atoms with Gasteiger partial charge in [-0.3, -0.25) is 24.7 Å². The Bertz CT molecular complexity index is 609. The Morgan fingerprint density at radius 2 is 2.20 bits per heavy atom. The molecule has 1 aliphatic rings. The first-order valence-electron chi connectivity index (χ1n) is 6.02. The number of rotatable bonds is 3. The van der Waals surface area contributed by atoms with E-state index < -0.39 is 23.5 Å². The molecular weight excluding hydrogens is 266 g/mol. The minimum atomic E-state index is -1.12. The molecule has 0 radical (unpaired) electrons. The summed E-state index contributed by atoms with van der Waals surface area (Å²) in [5.41, 5.74) is -0.418. The van der Waals surface area contributed by atoms with E-state index in [2.05, 4.69) is 25.9 Å². The van der Waals surface area contributed by atoms with Gasteiger partial charge in [0, 0.05) is 13.5 Å². The Labute approximate surface area is 113 Å². The van der Waals surface area contributed by atoms with Crippen LogP contribution in [0.1, 0.15) is 13.8 Å². The van der Waals surface area contributed by atoms with Crippen molar-refractivity contribution in [3.63, 3.8) is 0 Å². The fraction of sp³-hybridized carbons (Fsp3) is 0.455. The largest absolute Gasteiger partial charge is 0.386 e. The number of aliphatic hydroxyl groups is 1. The lowest BCUT2D eigenvalue weighted by Gasteiger charge is -2.26. The maximum absolute atomic E-state index is 11.9. The maximum Gasteiger partial charge on any atom is 0.277 e.